The fourth-order valence-electron chi connectivity index (χ4n) is 2.24. The second-order valence-electron chi connectivity index (χ2n) is 4.24. The Morgan fingerprint density at radius 3 is 2.89 bits per heavy atom. The summed E-state index contributed by atoms with van der Waals surface area (Å²) in [5.41, 5.74) is 1.60. The third-order valence-corrected chi connectivity index (χ3v) is 3.03. The Labute approximate surface area is 103 Å². The lowest BCUT2D eigenvalue weighted by molar-refractivity contribution is -0.866. The number of quaternary nitrogens is 1. The number of amides is 1. The lowest BCUT2D eigenvalue weighted by Crippen LogP contribution is -3.08. The molecular weight excluding hydrogens is 232 g/mol. The standard InChI is InChI=1S/C12H12N4O2/c17-10-7-16(18)11(8-4-2-1-3-5-8)9-6-13-15-12(9)14-10/h1-6,11,16H,7H2,(H2,13,14,15,17). The van der Waals surface area contributed by atoms with E-state index in [9.17, 15) is 10.0 Å². The van der Waals surface area contributed by atoms with Crippen molar-refractivity contribution in [3.63, 3.8) is 0 Å². The van der Waals surface area contributed by atoms with E-state index in [0.29, 0.717) is 5.82 Å². The molecule has 18 heavy (non-hydrogen) atoms. The van der Waals surface area contributed by atoms with Crippen molar-refractivity contribution in [2.24, 2.45) is 0 Å². The molecule has 2 atom stereocenters. The number of nitrogens with one attached hydrogen (secondary N) is 3. The van der Waals surface area contributed by atoms with Gasteiger partial charge in [-0.15, -0.1) is 0 Å². The van der Waals surface area contributed by atoms with Crippen molar-refractivity contribution in [1.82, 2.24) is 10.2 Å². The summed E-state index contributed by atoms with van der Waals surface area (Å²) in [4.78, 5) is 11.6. The van der Waals surface area contributed by atoms with Crippen LogP contribution in [0.15, 0.2) is 36.5 Å². The number of hydroxylamine groups is 2. The maximum atomic E-state index is 12.2. The number of anilines is 1. The lowest BCUT2D eigenvalue weighted by atomic mass is 10.0. The van der Waals surface area contributed by atoms with Crippen LogP contribution in [-0.4, -0.2) is 22.6 Å². The molecule has 2 heterocycles. The van der Waals surface area contributed by atoms with Crippen molar-refractivity contribution in [3.05, 3.63) is 52.9 Å². The van der Waals surface area contributed by atoms with E-state index in [0.717, 1.165) is 11.1 Å². The smallest absolute Gasteiger partial charge is 0.281 e. The van der Waals surface area contributed by atoms with Gasteiger partial charge in [0.1, 0.15) is 11.9 Å². The van der Waals surface area contributed by atoms with Crippen molar-refractivity contribution < 1.29 is 9.86 Å². The number of hydrogen-bond donors (Lipinski definition) is 3. The molecule has 0 aliphatic carbocycles. The Bertz CT molecular complexity index is 566. The first-order valence-corrected chi connectivity index (χ1v) is 5.66. The molecule has 0 radical (unpaired) electrons. The van der Waals surface area contributed by atoms with Crippen molar-refractivity contribution >= 4 is 11.7 Å². The number of H-pyrrole nitrogens is 1. The van der Waals surface area contributed by atoms with E-state index in [4.69, 9.17) is 0 Å². The Morgan fingerprint density at radius 1 is 1.33 bits per heavy atom. The first-order valence-electron chi connectivity index (χ1n) is 5.66. The normalized spacial score (nSPS) is 23.1. The van der Waals surface area contributed by atoms with Gasteiger partial charge in [0, 0.05) is 5.56 Å². The first-order chi connectivity index (χ1) is 8.75. The Hall–Kier alpha value is -2.18. The van der Waals surface area contributed by atoms with Gasteiger partial charge in [-0.2, -0.15) is 5.10 Å². The van der Waals surface area contributed by atoms with E-state index in [2.05, 4.69) is 15.5 Å². The second kappa shape index (κ2) is 4.25. The quantitative estimate of drug-likeness (QED) is 0.609. The van der Waals surface area contributed by atoms with E-state index in [-0.39, 0.29) is 17.5 Å². The fraction of sp³-hybridized carbons (Fsp3) is 0.167. The molecule has 6 nitrogen and oxygen atoms in total. The highest BCUT2D eigenvalue weighted by Crippen LogP contribution is 2.25. The molecule has 2 aromatic rings. The second-order valence-corrected chi connectivity index (χ2v) is 4.24. The number of carbonyl (C=O) groups excluding carboxylic acids is 1. The predicted octanol–water partition coefficient (Wildman–Crippen LogP) is -0.166. The topological polar surface area (TPSA) is 85.3 Å². The molecule has 6 heteroatoms. The highest BCUT2D eigenvalue weighted by atomic mass is 16.5. The summed E-state index contributed by atoms with van der Waals surface area (Å²) >= 11 is 0. The van der Waals surface area contributed by atoms with Crippen molar-refractivity contribution in [2.45, 2.75) is 6.04 Å². The molecule has 0 fully saturated rings. The molecule has 1 aromatic carbocycles. The van der Waals surface area contributed by atoms with E-state index in [1.54, 1.807) is 6.20 Å². The number of rotatable bonds is 1. The average molecular weight is 244 g/mol. The van der Waals surface area contributed by atoms with Crippen LogP contribution in [0, 0.1) is 5.21 Å². The number of benzene rings is 1. The van der Waals surface area contributed by atoms with Gasteiger partial charge in [-0.05, 0) is 0 Å². The van der Waals surface area contributed by atoms with Gasteiger partial charge >= 0.3 is 0 Å². The highest BCUT2D eigenvalue weighted by molar-refractivity contribution is 5.91. The minimum absolute atomic E-state index is 0.109. The molecule has 1 aromatic heterocycles. The van der Waals surface area contributed by atoms with E-state index >= 15 is 0 Å². The molecule has 0 saturated heterocycles. The molecule has 3 N–H and O–H groups in total. The summed E-state index contributed by atoms with van der Waals surface area (Å²) in [5.74, 6) is 0.212. The molecule has 92 valence electrons. The number of aromatic amines is 1. The summed E-state index contributed by atoms with van der Waals surface area (Å²) in [6.07, 6.45) is 1.59. The third kappa shape index (κ3) is 1.77. The lowest BCUT2D eigenvalue weighted by Gasteiger charge is -2.28. The minimum Gasteiger partial charge on any atom is -0.633 e. The van der Waals surface area contributed by atoms with Crippen LogP contribution in [-0.2, 0) is 4.79 Å². The van der Waals surface area contributed by atoms with Gasteiger partial charge in [0.05, 0.1) is 11.8 Å². The average Bonchev–Trinajstić information content (AvgIpc) is 2.74. The number of hydrogen-bond acceptors (Lipinski definition) is 3. The summed E-state index contributed by atoms with van der Waals surface area (Å²) in [6, 6.07) is 8.98. The largest absolute Gasteiger partial charge is 0.633 e. The molecule has 1 aliphatic rings. The fourth-order valence-corrected chi connectivity index (χ4v) is 2.24. The SMILES string of the molecule is O=C1C[NH+]([O-])C(c2ccccc2)c2cn[nH]c2N1. The van der Waals surface area contributed by atoms with Crippen molar-refractivity contribution in [3.8, 4) is 0 Å². The summed E-state index contributed by atoms with van der Waals surface area (Å²) in [7, 11) is 0. The van der Waals surface area contributed by atoms with Gasteiger partial charge in [-0.25, -0.2) is 0 Å². The summed E-state index contributed by atoms with van der Waals surface area (Å²) in [6.45, 7) is -0.109. The first kappa shape index (κ1) is 10.9. The predicted molar refractivity (Wildman–Crippen MR) is 64.7 cm³/mol. The van der Waals surface area contributed by atoms with Gasteiger partial charge < -0.3 is 15.6 Å². The van der Waals surface area contributed by atoms with Crippen LogP contribution in [0.4, 0.5) is 5.82 Å². The van der Waals surface area contributed by atoms with Gasteiger partial charge in [0.15, 0.2) is 6.54 Å². The van der Waals surface area contributed by atoms with E-state index in [1.165, 1.54) is 0 Å². The summed E-state index contributed by atoms with van der Waals surface area (Å²) in [5, 5.41) is 21.3. The molecule has 1 aliphatic heterocycles. The molecule has 0 saturated carbocycles. The maximum Gasteiger partial charge on any atom is 0.281 e. The van der Waals surface area contributed by atoms with Gasteiger partial charge in [-0.3, -0.25) is 9.89 Å². The number of aromatic nitrogens is 2. The van der Waals surface area contributed by atoms with Crippen molar-refractivity contribution in [1.29, 1.82) is 0 Å². The van der Waals surface area contributed by atoms with Crippen LogP contribution in [0.1, 0.15) is 17.2 Å². The zero-order chi connectivity index (χ0) is 12.5. The van der Waals surface area contributed by atoms with E-state index in [1.807, 2.05) is 30.3 Å². The van der Waals surface area contributed by atoms with Crippen LogP contribution in [0.5, 0.6) is 0 Å². The molecule has 0 spiro atoms. The zero-order valence-corrected chi connectivity index (χ0v) is 9.51. The van der Waals surface area contributed by atoms with Crippen LogP contribution >= 0.6 is 0 Å². The molecule has 2 unspecified atom stereocenters. The minimum atomic E-state index is -0.432. The summed E-state index contributed by atoms with van der Waals surface area (Å²) < 4.78 is 0. The molecule has 3 rings (SSSR count). The van der Waals surface area contributed by atoms with Crippen LogP contribution in [0.3, 0.4) is 0 Å². The Balaban J connectivity index is 2.10. The number of nitrogens with zero attached hydrogens (tertiary/aromatic N) is 1. The van der Waals surface area contributed by atoms with E-state index < -0.39 is 6.04 Å². The van der Waals surface area contributed by atoms with Gasteiger partial charge in [-0.1, -0.05) is 30.3 Å². The highest BCUT2D eigenvalue weighted by Gasteiger charge is 2.30. The monoisotopic (exact) mass is 244 g/mol. The molecular formula is C12H12N4O2. The third-order valence-electron chi connectivity index (χ3n) is 3.03. The van der Waals surface area contributed by atoms with Crippen molar-refractivity contribution in [2.75, 3.05) is 11.9 Å². The maximum absolute atomic E-state index is 12.2. The van der Waals surface area contributed by atoms with Crippen LogP contribution < -0.4 is 10.4 Å². The van der Waals surface area contributed by atoms with Crippen LogP contribution in [0.25, 0.3) is 0 Å². The zero-order valence-electron chi connectivity index (χ0n) is 9.51. The Morgan fingerprint density at radius 2 is 2.11 bits per heavy atom. The Kier molecular flexibility index (Phi) is 2.58. The van der Waals surface area contributed by atoms with Crippen LogP contribution in [0.2, 0.25) is 0 Å². The van der Waals surface area contributed by atoms with Gasteiger partial charge in [0.2, 0.25) is 0 Å². The molecule has 1 amide bonds. The number of fused-ring (bicyclic) bond motifs is 1. The number of carbonyl (C=O) groups is 1. The molecule has 0 bridgehead atoms. The van der Waals surface area contributed by atoms with Gasteiger partial charge in [0.25, 0.3) is 5.91 Å².